The van der Waals surface area contributed by atoms with Gasteiger partial charge in [-0.05, 0) is 45.8 Å². The molecule has 1 aromatic heterocycles. The molecule has 0 spiro atoms. The number of H-pyrrole nitrogens is 1. The predicted molar refractivity (Wildman–Crippen MR) is 75.9 cm³/mol. The van der Waals surface area contributed by atoms with Gasteiger partial charge in [-0.15, -0.1) is 0 Å². The SMILES string of the molecule is Cc1ncc(CN(C)CC2CCN(CCO)CC2)[nH]1. The van der Waals surface area contributed by atoms with Gasteiger partial charge < -0.3 is 19.9 Å². The Kier molecular flexibility index (Phi) is 5.36. The van der Waals surface area contributed by atoms with E-state index in [1.807, 2.05) is 13.1 Å². The Bertz CT molecular complexity index is 371. The monoisotopic (exact) mass is 266 g/mol. The van der Waals surface area contributed by atoms with Gasteiger partial charge in [-0.3, -0.25) is 0 Å². The van der Waals surface area contributed by atoms with Crippen LogP contribution in [0.3, 0.4) is 0 Å². The number of nitrogens with one attached hydrogen (secondary N) is 1. The number of aromatic nitrogens is 2. The summed E-state index contributed by atoms with van der Waals surface area (Å²) in [5, 5.41) is 8.94. The first-order valence-corrected chi connectivity index (χ1v) is 7.19. The molecule has 5 nitrogen and oxygen atoms in total. The normalized spacial score (nSPS) is 18.3. The zero-order valence-electron chi connectivity index (χ0n) is 12.1. The van der Waals surface area contributed by atoms with Crippen LogP contribution in [0.15, 0.2) is 6.20 Å². The molecule has 1 aliphatic heterocycles. The topological polar surface area (TPSA) is 55.4 Å². The van der Waals surface area contributed by atoms with E-state index in [4.69, 9.17) is 5.11 Å². The number of aliphatic hydroxyl groups is 1. The van der Waals surface area contributed by atoms with Crippen molar-refractivity contribution in [3.63, 3.8) is 0 Å². The summed E-state index contributed by atoms with van der Waals surface area (Å²) in [6, 6.07) is 0. The summed E-state index contributed by atoms with van der Waals surface area (Å²) in [6.07, 6.45) is 4.41. The number of imidazole rings is 1. The molecule has 0 aromatic carbocycles. The van der Waals surface area contributed by atoms with E-state index in [1.54, 1.807) is 0 Å². The average molecular weight is 266 g/mol. The first-order valence-electron chi connectivity index (χ1n) is 7.19. The third-order valence-corrected chi connectivity index (χ3v) is 3.89. The van der Waals surface area contributed by atoms with Crippen LogP contribution in [0.25, 0.3) is 0 Å². The molecular formula is C14H26N4O. The van der Waals surface area contributed by atoms with Gasteiger partial charge in [0.25, 0.3) is 0 Å². The molecule has 1 saturated heterocycles. The molecule has 5 heteroatoms. The van der Waals surface area contributed by atoms with Crippen LogP contribution in [0.4, 0.5) is 0 Å². The number of hydrogen-bond acceptors (Lipinski definition) is 4. The molecule has 19 heavy (non-hydrogen) atoms. The Balaban J connectivity index is 1.70. The zero-order chi connectivity index (χ0) is 13.7. The lowest BCUT2D eigenvalue weighted by molar-refractivity contribution is 0.129. The largest absolute Gasteiger partial charge is 0.395 e. The molecule has 0 bridgehead atoms. The standard InChI is InChI=1S/C14H26N4O/c1-12-15-9-14(16-12)11-17(2)10-13-3-5-18(6-4-13)7-8-19/h9,13,19H,3-8,10-11H2,1-2H3,(H,15,16). The van der Waals surface area contributed by atoms with Crippen molar-refractivity contribution in [2.24, 2.45) is 5.92 Å². The molecule has 0 saturated carbocycles. The first kappa shape index (κ1) is 14.5. The molecule has 2 rings (SSSR count). The van der Waals surface area contributed by atoms with Crippen molar-refractivity contribution < 1.29 is 5.11 Å². The van der Waals surface area contributed by atoms with Crippen molar-refractivity contribution in [1.29, 1.82) is 0 Å². The third kappa shape index (κ3) is 4.60. The van der Waals surface area contributed by atoms with Gasteiger partial charge in [0, 0.05) is 31.5 Å². The van der Waals surface area contributed by atoms with Crippen molar-refractivity contribution in [3.8, 4) is 0 Å². The molecule has 0 amide bonds. The lowest BCUT2D eigenvalue weighted by Crippen LogP contribution is -2.38. The zero-order valence-corrected chi connectivity index (χ0v) is 12.1. The second-order valence-electron chi connectivity index (χ2n) is 5.70. The molecule has 108 valence electrons. The van der Waals surface area contributed by atoms with Gasteiger partial charge in [0.1, 0.15) is 5.82 Å². The molecule has 2 heterocycles. The smallest absolute Gasteiger partial charge is 0.103 e. The van der Waals surface area contributed by atoms with Crippen molar-refractivity contribution in [1.82, 2.24) is 19.8 Å². The van der Waals surface area contributed by atoms with Gasteiger partial charge >= 0.3 is 0 Å². The second kappa shape index (κ2) is 7.03. The molecule has 0 aliphatic carbocycles. The quantitative estimate of drug-likeness (QED) is 0.801. The van der Waals surface area contributed by atoms with E-state index in [-0.39, 0.29) is 6.61 Å². The number of piperidine rings is 1. The number of hydrogen-bond donors (Lipinski definition) is 2. The van der Waals surface area contributed by atoms with E-state index in [0.717, 1.165) is 44.5 Å². The van der Waals surface area contributed by atoms with Gasteiger partial charge in [-0.1, -0.05) is 0 Å². The van der Waals surface area contributed by atoms with Crippen LogP contribution in [0, 0.1) is 12.8 Å². The lowest BCUT2D eigenvalue weighted by Gasteiger charge is -2.33. The van der Waals surface area contributed by atoms with Gasteiger partial charge in [-0.25, -0.2) is 4.98 Å². The Morgan fingerprint density at radius 2 is 2.21 bits per heavy atom. The summed E-state index contributed by atoms with van der Waals surface area (Å²) in [6.45, 7) is 7.44. The minimum absolute atomic E-state index is 0.281. The van der Waals surface area contributed by atoms with E-state index < -0.39 is 0 Å². The predicted octanol–water partition coefficient (Wildman–Crippen LogP) is 0.854. The number of β-amino-alcohol motifs (C(OH)–C–C–N with tert-alkyl or cyclic N) is 1. The van der Waals surface area contributed by atoms with E-state index in [2.05, 4.69) is 26.8 Å². The van der Waals surface area contributed by atoms with Crippen molar-refractivity contribution in [2.75, 3.05) is 39.8 Å². The molecule has 1 fully saturated rings. The van der Waals surface area contributed by atoms with Crippen molar-refractivity contribution in [3.05, 3.63) is 17.7 Å². The summed E-state index contributed by atoms with van der Waals surface area (Å²) < 4.78 is 0. The highest BCUT2D eigenvalue weighted by Gasteiger charge is 2.20. The number of aliphatic hydroxyl groups excluding tert-OH is 1. The van der Waals surface area contributed by atoms with Gasteiger partial charge in [0.05, 0.1) is 6.61 Å². The highest BCUT2D eigenvalue weighted by Crippen LogP contribution is 2.18. The van der Waals surface area contributed by atoms with E-state index in [9.17, 15) is 0 Å². The molecule has 0 atom stereocenters. The molecule has 0 radical (unpaired) electrons. The maximum Gasteiger partial charge on any atom is 0.103 e. The van der Waals surface area contributed by atoms with Crippen LogP contribution in [0.2, 0.25) is 0 Å². The maximum atomic E-state index is 8.94. The molecule has 0 unspecified atom stereocenters. The highest BCUT2D eigenvalue weighted by atomic mass is 16.3. The van der Waals surface area contributed by atoms with E-state index >= 15 is 0 Å². The van der Waals surface area contributed by atoms with Crippen molar-refractivity contribution in [2.45, 2.75) is 26.3 Å². The highest BCUT2D eigenvalue weighted by molar-refractivity contribution is 4.99. The summed E-state index contributed by atoms with van der Waals surface area (Å²) in [7, 11) is 2.18. The molecule has 2 N–H and O–H groups in total. The third-order valence-electron chi connectivity index (χ3n) is 3.89. The summed E-state index contributed by atoms with van der Waals surface area (Å²) >= 11 is 0. The van der Waals surface area contributed by atoms with Crippen LogP contribution in [-0.2, 0) is 6.54 Å². The second-order valence-corrected chi connectivity index (χ2v) is 5.70. The number of rotatable bonds is 6. The molecule has 1 aliphatic rings. The van der Waals surface area contributed by atoms with Crippen molar-refractivity contribution >= 4 is 0 Å². The van der Waals surface area contributed by atoms with Gasteiger partial charge in [-0.2, -0.15) is 0 Å². The van der Waals surface area contributed by atoms with Crippen LogP contribution in [-0.4, -0.2) is 64.7 Å². The van der Waals surface area contributed by atoms with Crippen LogP contribution >= 0.6 is 0 Å². The average Bonchev–Trinajstić information content (AvgIpc) is 2.77. The Hall–Kier alpha value is -0.910. The minimum Gasteiger partial charge on any atom is -0.395 e. The maximum absolute atomic E-state index is 8.94. The van der Waals surface area contributed by atoms with E-state index in [1.165, 1.54) is 18.5 Å². The van der Waals surface area contributed by atoms with Crippen LogP contribution < -0.4 is 0 Å². The first-order chi connectivity index (χ1) is 9.17. The van der Waals surface area contributed by atoms with Gasteiger partial charge in [0.15, 0.2) is 0 Å². The van der Waals surface area contributed by atoms with E-state index in [0.29, 0.717) is 0 Å². The number of nitrogens with zero attached hydrogens (tertiary/aromatic N) is 3. The fourth-order valence-electron chi connectivity index (χ4n) is 2.88. The molecular weight excluding hydrogens is 240 g/mol. The van der Waals surface area contributed by atoms with Gasteiger partial charge in [0.2, 0.25) is 0 Å². The van der Waals surface area contributed by atoms with Crippen LogP contribution in [0.5, 0.6) is 0 Å². The summed E-state index contributed by atoms with van der Waals surface area (Å²) in [5.41, 5.74) is 1.19. The lowest BCUT2D eigenvalue weighted by atomic mass is 9.96. The Labute approximate surface area is 115 Å². The number of aryl methyl sites for hydroxylation is 1. The fraction of sp³-hybridized carbons (Fsp3) is 0.786. The molecule has 1 aromatic rings. The minimum atomic E-state index is 0.281. The Morgan fingerprint density at radius 3 is 2.79 bits per heavy atom. The number of likely N-dealkylation sites (tertiary alicyclic amines) is 1. The Morgan fingerprint density at radius 1 is 1.47 bits per heavy atom. The summed E-state index contributed by atoms with van der Waals surface area (Å²) in [5.74, 6) is 1.77. The van der Waals surface area contributed by atoms with Crippen LogP contribution in [0.1, 0.15) is 24.4 Å². The number of aromatic amines is 1. The summed E-state index contributed by atoms with van der Waals surface area (Å²) in [4.78, 5) is 12.2. The fourth-order valence-corrected chi connectivity index (χ4v) is 2.88.